The highest BCUT2D eigenvalue weighted by molar-refractivity contribution is 6.46. The lowest BCUT2D eigenvalue weighted by atomic mass is 9.95. The lowest BCUT2D eigenvalue weighted by molar-refractivity contribution is -0.140. The zero-order valence-electron chi connectivity index (χ0n) is 16.9. The number of hydrogen-bond donors (Lipinski definition) is 3. The van der Waals surface area contributed by atoms with Crippen LogP contribution in [0.25, 0.3) is 5.76 Å². The molecule has 1 aliphatic heterocycles. The Morgan fingerprint density at radius 2 is 1.87 bits per heavy atom. The summed E-state index contributed by atoms with van der Waals surface area (Å²) in [6.07, 6.45) is 0. The molecular weight excluding hydrogens is 424 g/mol. The Morgan fingerprint density at radius 1 is 1.19 bits per heavy atom. The normalized spacial score (nSPS) is 17.6. The predicted octanol–water partition coefficient (Wildman–Crippen LogP) is 2.61. The molecule has 9 heteroatoms. The SMILES string of the molecule is COc1cc([C@@H]2C(=C(O)c3ccc(Cl)cc3)C(=O)C(=O)N2CCNC(C)=O)ccc1O. The number of likely N-dealkylation sites (tertiary alicyclic amines) is 1. The Bertz CT molecular complexity index is 1060. The number of amides is 2. The number of benzene rings is 2. The average Bonchev–Trinajstić information content (AvgIpc) is 2.99. The van der Waals surface area contributed by atoms with Crippen molar-refractivity contribution >= 4 is 35.0 Å². The molecule has 0 saturated carbocycles. The second kappa shape index (κ2) is 9.09. The lowest BCUT2D eigenvalue weighted by Crippen LogP contribution is -2.37. The van der Waals surface area contributed by atoms with E-state index in [0.717, 1.165) is 0 Å². The molecule has 0 bridgehead atoms. The van der Waals surface area contributed by atoms with Crippen LogP contribution in [0.1, 0.15) is 24.1 Å². The van der Waals surface area contributed by atoms with Gasteiger partial charge >= 0.3 is 0 Å². The maximum atomic E-state index is 12.9. The van der Waals surface area contributed by atoms with Crippen molar-refractivity contribution in [3.63, 3.8) is 0 Å². The third-order valence-corrected chi connectivity index (χ3v) is 5.16. The maximum Gasteiger partial charge on any atom is 0.295 e. The molecule has 31 heavy (non-hydrogen) atoms. The van der Waals surface area contributed by atoms with Gasteiger partial charge in [0, 0.05) is 30.6 Å². The van der Waals surface area contributed by atoms with Gasteiger partial charge in [0.05, 0.1) is 18.7 Å². The summed E-state index contributed by atoms with van der Waals surface area (Å²) in [5, 5.41) is 23.9. The molecule has 2 amide bonds. The molecule has 8 nitrogen and oxygen atoms in total. The smallest absolute Gasteiger partial charge is 0.295 e. The Morgan fingerprint density at radius 3 is 2.48 bits per heavy atom. The van der Waals surface area contributed by atoms with Crippen LogP contribution in [-0.4, -0.2) is 52.9 Å². The number of halogens is 1. The van der Waals surface area contributed by atoms with Gasteiger partial charge in [-0.3, -0.25) is 14.4 Å². The minimum absolute atomic E-state index is 0.0371. The van der Waals surface area contributed by atoms with E-state index in [2.05, 4.69) is 5.32 Å². The Balaban J connectivity index is 2.14. The molecule has 0 unspecified atom stereocenters. The first-order valence-corrected chi connectivity index (χ1v) is 9.78. The fourth-order valence-electron chi connectivity index (χ4n) is 3.44. The van der Waals surface area contributed by atoms with E-state index in [1.54, 1.807) is 12.1 Å². The van der Waals surface area contributed by atoms with Crippen molar-refractivity contribution in [1.29, 1.82) is 0 Å². The van der Waals surface area contributed by atoms with E-state index in [1.807, 2.05) is 0 Å². The van der Waals surface area contributed by atoms with Crippen molar-refractivity contribution < 1.29 is 29.3 Å². The van der Waals surface area contributed by atoms with Crippen molar-refractivity contribution in [1.82, 2.24) is 10.2 Å². The van der Waals surface area contributed by atoms with Gasteiger partial charge in [0.15, 0.2) is 11.5 Å². The van der Waals surface area contributed by atoms with E-state index in [4.69, 9.17) is 16.3 Å². The molecule has 0 aliphatic carbocycles. The fourth-order valence-corrected chi connectivity index (χ4v) is 3.56. The van der Waals surface area contributed by atoms with E-state index in [9.17, 15) is 24.6 Å². The molecule has 1 saturated heterocycles. The molecule has 1 heterocycles. The van der Waals surface area contributed by atoms with Gasteiger partial charge in [0.1, 0.15) is 5.76 Å². The van der Waals surface area contributed by atoms with Crippen LogP contribution in [0.4, 0.5) is 0 Å². The first kappa shape index (κ1) is 22.2. The molecule has 2 aromatic carbocycles. The second-order valence-electron chi connectivity index (χ2n) is 6.91. The van der Waals surface area contributed by atoms with E-state index >= 15 is 0 Å². The average molecular weight is 445 g/mol. The van der Waals surface area contributed by atoms with Crippen LogP contribution in [0.3, 0.4) is 0 Å². The van der Waals surface area contributed by atoms with Crippen LogP contribution < -0.4 is 10.1 Å². The van der Waals surface area contributed by atoms with Gasteiger partial charge in [-0.15, -0.1) is 0 Å². The number of phenols is 1. The second-order valence-corrected chi connectivity index (χ2v) is 7.35. The number of aliphatic hydroxyl groups excluding tert-OH is 1. The molecule has 3 N–H and O–H groups in total. The highest BCUT2D eigenvalue weighted by atomic mass is 35.5. The third-order valence-electron chi connectivity index (χ3n) is 4.90. The summed E-state index contributed by atoms with van der Waals surface area (Å²) in [6, 6.07) is 9.66. The summed E-state index contributed by atoms with van der Waals surface area (Å²) < 4.78 is 5.15. The number of carbonyl (C=O) groups is 3. The molecule has 162 valence electrons. The van der Waals surface area contributed by atoms with Gasteiger partial charge in [-0.1, -0.05) is 17.7 Å². The van der Waals surface area contributed by atoms with Crippen LogP contribution in [-0.2, 0) is 14.4 Å². The molecule has 1 atom stereocenters. The molecule has 3 rings (SSSR count). The van der Waals surface area contributed by atoms with Gasteiger partial charge in [0.2, 0.25) is 5.91 Å². The standard InChI is InChI=1S/C22H21ClN2O6/c1-12(26)24-9-10-25-19(14-5-8-16(27)17(11-14)31-2)18(21(29)22(25)30)20(28)13-3-6-15(23)7-4-13/h3-8,11,19,27-28H,9-10H2,1-2H3,(H,24,26)/t19-/m1/s1. The Kier molecular flexibility index (Phi) is 6.50. The number of nitrogens with one attached hydrogen (secondary N) is 1. The zero-order chi connectivity index (χ0) is 22.7. The van der Waals surface area contributed by atoms with Gasteiger partial charge in [-0.25, -0.2) is 0 Å². The summed E-state index contributed by atoms with van der Waals surface area (Å²) in [4.78, 5) is 38.2. The molecule has 1 aliphatic rings. The quantitative estimate of drug-likeness (QED) is 0.358. The largest absolute Gasteiger partial charge is 0.507 e. The van der Waals surface area contributed by atoms with Gasteiger partial charge in [-0.2, -0.15) is 0 Å². The van der Waals surface area contributed by atoms with Crippen LogP contribution >= 0.6 is 11.6 Å². The summed E-state index contributed by atoms with van der Waals surface area (Å²) in [7, 11) is 1.38. The number of aromatic hydroxyl groups is 1. The van der Waals surface area contributed by atoms with Gasteiger partial charge in [0.25, 0.3) is 11.7 Å². The van der Waals surface area contributed by atoms with Crippen LogP contribution in [0.2, 0.25) is 5.02 Å². The topological polar surface area (TPSA) is 116 Å². The first-order chi connectivity index (χ1) is 14.7. The number of ether oxygens (including phenoxy) is 1. The molecule has 2 aromatic rings. The fraction of sp³-hybridized carbons (Fsp3) is 0.227. The van der Waals surface area contributed by atoms with E-state index in [-0.39, 0.29) is 41.8 Å². The van der Waals surface area contributed by atoms with Crippen molar-refractivity contribution in [2.24, 2.45) is 0 Å². The molecule has 0 radical (unpaired) electrons. The number of ketones is 1. The molecule has 0 spiro atoms. The van der Waals surface area contributed by atoms with Crippen LogP contribution in [0.15, 0.2) is 48.0 Å². The summed E-state index contributed by atoms with van der Waals surface area (Å²) in [5.41, 5.74) is 0.662. The number of methoxy groups -OCH3 is 1. The predicted molar refractivity (Wildman–Crippen MR) is 114 cm³/mol. The summed E-state index contributed by atoms with van der Waals surface area (Å²) in [6.45, 7) is 1.50. The van der Waals surface area contributed by atoms with E-state index in [1.165, 1.54) is 49.3 Å². The van der Waals surface area contributed by atoms with Crippen LogP contribution in [0, 0.1) is 0 Å². The van der Waals surface area contributed by atoms with Crippen molar-refractivity contribution in [2.45, 2.75) is 13.0 Å². The third kappa shape index (κ3) is 4.49. The van der Waals surface area contributed by atoms with E-state index in [0.29, 0.717) is 16.1 Å². The summed E-state index contributed by atoms with van der Waals surface area (Å²) in [5.74, 6) is -2.25. The number of rotatable bonds is 6. The van der Waals surface area contributed by atoms with Gasteiger partial charge in [-0.05, 0) is 42.0 Å². The minimum atomic E-state index is -0.945. The Hall–Kier alpha value is -3.52. The van der Waals surface area contributed by atoms with E-state index < -0.39 is 17.7 Å². The zero-order valence-corrected chi connectivity index (χ0v) is 17.6. The number of hydrogen-bond acceptors (Lipinski definition) is 6. The number of Topliss-reactive ketones (excluding diaryl/α,β-unsaturated/α-hetero) is 1. The minimum Gasteiger partial charge on any atom is -0.507 e. The van der Waals surface area contributed by atoms with Crippen molar-refractivity contribution in [2.75, 3.05) is 20.2 Å². The maximum absolute atomic E-state index is 12.9. The highest BCUT2D eigenvalue weighted by Crippen LogP contribution is 2.41. The molecule has 0 aromatic heterocycles. The van der Waals surface area contributed by atoms with Crippen molar-refractivity contribution in [3.05, 3.63) is 64.2 Å². The molecular formula is C22H21ClN2O6. The number of nitrogens with zero attached hydrogens (tertiary/aromatic N) is 1. The Labute approximate surface area is 183 Å². The number of aliphatic hydroxyl groups is 1. The number of phenolic OH excluding ortho intramolecular Hbond substituents is 1. The summed E-state index contributed by atoms with van der Waals surface area (Å²) >= 11 is 5.91. The first-order valence-electron chi connectivity index (χ1n) is 9.40. The monoisotopic (exact) mass is 444 g/mol. The highest BCUT2D eigenvalue weighted by Gasteiger charge is 2.46. The van der Waals surface area contributed by atoms with Crippen molar-refractivity contribution in [3.8, 4) is 11.5 Å². The molecule has 1 fully saturated rings. The lowest BCUT2D eigenvalue weighted by Gasteiger charge is -2.25. The number of carbonyl (C=O) groups excluding carboxylic acids is 3. The van der Waals surface area contributed by atoms with Gasteiger partial charge < -0.3 is 25.2 Å². The van der Waals surface area contributed by atoms with Crippen LogP contribution in [0.5, 0.6) is 11.5 Å².